The van der Waals surface area contributed by atoms with Crippen LogP contribution in [0.15, 0.2) is 34.7 Å². The van der Waals surface area contributed by atoms with E-state index in [1.54, 1.807) is 18.1 Å². The van der Waals surface area contributed by atoms with E-state index in [0.29, 0.717) is 22.4 Å². The first-order valence-electron chi connectivity index (χ1n) is 8.47. The van der Waals surface area contributed by atoms with Crippen LogP contribution < -0.4 is 0 Å². The molecule has 0 fully saturated rings. The summed E-state index contributed by atoms with van der Waals surface area (Å²) in [6.45, 7) is 6.34. The van der Waals surface area contributed by atoms with Gasteiger partial charge < -0.3 is 14.1 Å². The smallest absolute Gasteiger partial charge is 0.264 e. The van der Waals surface area contributed by atoms with E-state index in [1.165, 1.54) is 17.4 Å². The summed E-state index contributed by atoms with van der Waals surface area (Å²) >= 11 is 1.31. The van der Waals surface area contributed by atoms with Crippen molar-refractivity contribution in [3.05, 3.63) is 58.1 Å². The Balaban J connectivity index is 2.03. The van der Waals surface area contributed by atoms with Crippen molar-refractivity contribution < 1.29 is 18.3 Å². The molecule has 1 aromatic carbocycles. The zero-order valence-corrected chi connectivity index (χ0v) is 16.2. The number of hydrogen-bond acceptors (Lipinski definition) is 4. The first kappa shape index (κ1) is 18.6. The Kier molecular flexibility index (Phi) is 5.44. The van der Waals surface area contributed by atoms with Crippen LogP contribution in [0.4, 0.5) is 4.39 Å². The summed E-state index contributed by atoms with van der Waals surface area (Å²) < 4.78 is 26.0. The number of methoxy groups -OCH3 is 1. The van der Waals surface area contributed by atoms with Gasteiger partial charge in [-0.25, -0.2) is 4.39 Å². The number of hydrogen-bond donors (Lipinski definition) is 0. The molecule has 0 N–H and O–H groups in total. The Labute approximate surface area is 156 Å². The SMILES string of the molecule is COCc1c(C(=O)N(Cc2ccc(C)o2)C(C)C)sc2cccc(F)c12. The number of amides is 1. The highest BCUT2D eigenvalue weighted by Crippen LogP contribution is 2.35. The number of aryl methyl sites for hydroxylation is 1. The summed E-state index contributed by atoms with van der Waals surface area (Å²) in [5, 5.41) is 0.472. The van der Waals surface area contributed by atoms with Crippen molar-refractivity contribution in [2.75, 3.05) is 7.11 Å². The molecule has 0 bridgehead atoms. The molecule has 1 amide bonds. The highest BCUT2D eigenvalue weighted by molar-refractivity contribution is 7.21. The molecule has 0 aliphatic rings. The summed E-state index contributed by atoms with van der Waals surface area (Å²) in [5.74, 6) is 1.06. The normalized spacial score (nSPS) is 11.5. The number of carbonyl (C=O) groups excluding carboxylic acids is 1. The number of fused-ring (bicyclic) bond motifs is 1. The molecule has 0 saturated carbocycles. The van der Waals surface area contributed by atoms with E-state index in [4.69, 9.17) is 9.15 Å². The van der Waals surface area contributed by atoms with Crippen LogP contribution in [0.1, 0.15) is 40.6 Å². The summed E-state index contributed by atoms with van der Waals surface area (Å²) in [4.78, 5) is 15.5. The zero-order valence-electron chi connectivity index (χ0n) is 15.3. The van der Waals surface area contributed by atoms with Gasteiger partial charge in [-0.05, 0) is 45.0 Å². The molecule has 3 aromatic rings. The number of nitrogens with zero attached hydrogens (tertiary/aromatic N) is 1. The van der Waals surface area contributed by atoms with E-state index in [1.807, 2.05) is 39.0 Å². The van der Waals surface area contributed by atoms with Gasteiger partial charge >= 0.3 is 0 Å². The van der Waals surface area contributed by atoms with Crippen LogP contribution in [-0.2, 0) is 17.9 Å². The van der Waals surface area contributed by atoms with Crippen molar-refractivity contribution in [2.24, 2.45) is 0 Å². The highest BCUT2D eigenvalue weighted by atomic mass is 32.1. The van der Waals surface area contributed by atoms with E-state index >= 15 is 0 Å². The maximum atomic E-state index is 14.4. The van der Waals surface area contributed by atoms with Crippen LogP contribution in [0.2, 0.25) is 0 Å². The van der Waals surface area contributed by atoms with Crippen molar-refractivity contribution in [1.29, 1.82) is 0 Å². The van der Waals surface area contributed by atoms with Gasteiger partial charge in [-0.1, -0.05) is 6.07 Å². The van der Waals surface area contributed by atoms with Gasteiger partial charge in [0.05, 0.1) is 18.0 Å². The van der Waals surface area contributed by atoms with Crippen LogP contribution >= 0.6 is 11.3 Å². The molecule has 0 aliphatic heterocycles. The minimum absolute atomic E-state index is 0.0293. The molecule has 0 aliphatic carbocycles. The number of rotatable bonds is 6. The van der Waals surface area contributed by atoms with E-state index in [9.17, 15) is 9.18 Å². The maximum Gasteiger partial charge on any atom is 0.264 e. The number of carbonyl (C=O) groups is 1. The Bertz CT molecular complexity index is 928. The first-order chi connectivity index (χ1) is 12.4. The second kappa shape index (κ2) is 7.60. The summed E-state index contributed by atoms with van der Waals surface area (Å²) in [6, 6.07) is 8.62. The van der Waals surface area contributed by atoms with Crippen molar-refractivity contribution in [1.82, 2.24) is 4.90 Å². The molecule has 4 nitrogen and oxygen atoms in total. The van der Waals surface area contributed by atoms with Crippen LogP contribution in [0.25, 0.3) is 10.1 Å². The predicted octanol–water partition coefficient (Wildman–Crippen LogP) is 5.14. The molecule has 0 saturated heterocycles. The Morgan fingerprint density at radius 2 is 2.08 bits per heavy atom. The standard InChI is InChI=1S/C20H22FNO3S/c1-12(2)22(10-14-9-8-13(3)25-14)20(23)19-15(11-24-4)18-16(21)6-5-7-17(18)26-19/h5-9,12H,10-11H2,1-4H3. The summed E-state index contributed by atoms with van der Waals surface area (Å²) in [7, 11) is 1.55. The number of ether oxygens (including phenoxy) is 1. The first-order valence-corrected chi connectivity index (χ1v) is 9.29. The van der Waals surface area contributed by atoms with Crippen molar-refractivity contribution >= 4 is 27.3 Å². The third kappa shape index (κ3) is 3.52. The quantitative estimate of drug-likeness (QED) is 0.599. The largest absolute Gasteiger partial charge is 0.464 e. The fraction of sp³-hybridized carbons (Fsp3) is 0.350. The molecular formula is C20H22FNO3S. The van der Waals surface area contributed by atoms with Crippen LogP contribution in [-0.4, -0.2) is 24.0 Å². The van der Waals surface area contributed by atoms with Gasteiger partial charge in [0.1, 0.15) is 17.3 Å². The van der Waals surface area contributed by atoms with Gasteiger partial charge in [0.2, 0.25) is 0 Å². The number of benzene rings is 1. The highest BCUT2D eigenvalue weighted by Gasteiger charge is 2.27. The van der Waals surface area contributed by atoms with Gasteiger partial charge in [0, 0.05) is 28.8 Å². The lowest BCUT2D eigenvalue weighted by molar-refractivity contribution is 0.0676. The van der Waals surface area contributed by atoms with Gasteiger partial charge in [0.25, 0.3) is 5.91 Å². The topological polar surface area (TPSA) is 42.7 Å². The van der Waals surface area contributed by atoms with Gasteiger partial charge in [-0.2, -0.15) is 0 Å². The fourth-order valence-electron chi connectivity index (χ4n) is 2.98. The van der Waals surface area contributed by atoms with Crippen LogP contribution in [0, 0.1) is 12.7 Å². The molecule has 138 valence electrons. The molecule has 2 heterocycles. The van der Waals surface area contributed by atoms with Crippen molar-refractivity contribution in [2.45, 2.75) is 40.0 Å². The van der Waals surface area contributed by atoms with E-state index < -0.39 is 0 Å². The molecule has 0 unspecified atom stereocenters. The third-order valence-corrected chi connectivity index (χ3v) is 5.44. The number of furan rings is 1. The zero-order chi connectivity index (χ0) is 18.8. The molecular weight excluding hydrogens is 353 g/mol. The van der Waals surface area contributed by atoms with Gasteiger partial charge in [0.15, 0.2) is 0 Å². The predicted molar refractivity (Wildman–Crippen MR) is 101 cm³/mol. The maximum absolute atomic E-state index is 14.4. The Morgan fingerprint density at radius 3 is 2.69 bits per heavy atom. The lowest BCUT2D eigenvalue weighted by Crippen LogP contribution is -2.36. The third-order valence-electron chi connectivity index (χ3n) is 4.25. The van der Waals surface area contributed by atoms with E-state index in [-0.39, 0.29) is 24.4 Å². The van der Waals surface area contributed by atoms with Gasteiger partial charge in [-0.15, -0.1) is 11.3 Å². The van der Waals surface area contributed by atoms with E-state index in [2.05, 4.69) is 0 Å². The van der Waals surface area contributed by atoms with E-state index in [0.717, 1.165) is 16.2 Å². The van der Waals surface area contributed by atoms with Crippen LogP contribution in [0.5, 0.6) is 0 Å². The average Bonchev–Trinajstić information content (AvgIpc) is 3.17. The second-order valence-corrected chi connectivity index (χ2v) is 7.55. The molecule has 0 radical (unpaired) electrons. The molecule has 6 heteroatoms. The molecule has 3 rings (SSSR count). The van der Waals surface area contributed by atoms with Crippen LogP contribution in [0.3, 0.4) is 0 Å². The Hall–Kier alpha value is -2.18. The lowest BCUT2D eigenvalue weighted by Gasteiger charge is -2.26. The minimum Gasteiger partial charge on any atom is -0.464 e. The summed E-state index contributed by atoms with van der Waals surface area (Å²) in [6.07, 6.45) is 0. The fourth-order valence-corrected chi connectivity index (χ4v) is 4.16. The lowest BCUT2D eigenvalue weighted by atomic mass is 10.1. The van der Waals surface area contributed by atoms with Gasteiger partial charge in [-0.3, -0.25) is 4.79 Å². The number of thiophene rings is 1. The van der Waals surface area contributed by atoms with Crippen molar-refractivity contribution in [3.8, 4) is 0 Å². The molecule has 26 heavy (non-hydrogen) atoms. The minimum atomic E-state index is -0.331. The monoisotopic (exact) mass is 375 g/mol. The summed E-state index contributed by atoms with van der Waals surface area (Å²) in [5.41, 5.74) is 0.608. The molecule has 0 atom stereocenters. The molecule has 0 spiro atoms. The average molecular weight is 375 g/mol. The second-order valence-electron chi connectivity index (χ2n) is 6.49. The Morgan fingerprint density at radius 1 is 1.31 bits per heavy atom. The van der Waals surface area contributed by atoms with Crippen molar-refractivity contribution in [3.63, 3.8) is 0 Å². The molecule has 2 aromatic heterocycles. The number of halogens is 1.